The average Bonchev–Trinajstić information content (AvgIpc) is 3.18. The molecule has 1 aliphatic rings. The normalized spacial score (nSPS) is 18.0. The zero-order chi connectivity index (χ0) is 14.8. The van der Waals surface area contributed by atoms with Gasteiger partial charge in [-0.1, -0.05) is 17.3 Å². The molecule has 1 saturated heterocycles. The molecule has 1 amide bonds. The molecule has 3 rings (SSSR count). The van der Waals surface area contributed by atoms with E-state index in [1.54, 1.807) is 6.07 Å². The van der Waals surface area contributed by atoms with Gasteiger partial charge in [0.25, 0.3) is 5.91 Å². The Bertz CT molecular complexity index is 622. The van der Waals surface area contributed by atoms with Gasteiger partial charge < -0.3 is 14.3 Å². The number of nitrogens with zero attached hydrogens (tertiary/aromatic N) is 3. The number of carbonyl (C=O) groups is 1. The average molecular weight is 285 g/mol. The number of rotatable bonds is 3. The van der Waals surface area contributed by atoms with E-state index in [9.17, 15) is 4.79 Å². The third-order valence-electron chi connectivity index (χ3n) is 3.94. The molecular formula is C16H19N3O2. The second-order valence-electron chi connectivity index (χ2n) is 5.53. The molecular weight excluding hydrogens is 266 g/mol. The van der Waals surface area contributed by atoms with Gasteiger partial charge in [0.05, 0.1) is 6.04 Å². The number of hydrogen-bond donors (Lipinski definition) is 0. The van der Waals surface area contributed by atoms with Crippen LogP contribution < -0.4 is 4.90 Å². The summed E-state index contributed by atoms with van der Waals surface area (Å²) >= 11 is 0. The molecule has 5 heteroatoms. The Kier molecular flexibility index (Phi) is 3.64. The van der Waals surface area contributed by atoms with Crippen molar-refractivity contribution in [3.63, 3.8) is 0 Å². The molecule has 5 nitrogen and oxygen atoms in total. The van der Waals surface area contributed by atoms with Crippen LogP contribution in [-0.4, -0.2) is 36.6 Å². The number of anilines is 1. The van der Waals surface area contributed by atoms with E-state index in [0.717, 1.165) is 25.1 Å². The van der Waals surface area contributed by atoms with Crippen molar-refractivity contribution in [3.05, 3.63) is 47.9 Å². The lowest BCUT2D eigenvalue weighted by Crippen LogP contribution is -2.30. The van der Waals surface area contributed by atoms with Gasteiger partial charge in [0, 0.05) is 32.4 Å². The molecule has 1 aromatic heterocycles. The van der Waals surface area contributed by atoms with Crippen LogP contribution in [0.15, 0.2) is 41.1 Å². The maximum absolute atomic E-state index is 12.5. The molecule has 2 aromatic rings. The van der Waals surface area contributed by atoms with Crippen molar-refractivity contribution < 1.29 is 9.32 Å². The molecule has 1 unspecified atom stereocenters. The molecule has 0 radical (unpaired) electrons. The summed E-state index contributed by atoms with van der Waals surface area (Å²) < 4.78 is 4.78. The topological polar surface area (TPSA) is 49.6 Å². The Morgan fingerprint density at radius 3 is 2.95 bits per heavy atom. The van der Waals surface area contributed by atoms with Crippen molar-refractivity contribution >= 4 is 11.6 Å². The standard InChI is InChI=1S/C16H19N3O2/c1-18(2)13-6-3-5-12(11-13)15-7-4-9-19(15)16(20)14-8-10-21-17-14/h3,5-6,8,10-11,15H,4,7,9H2,1-2H3. The molecule has 1 atom stereocenters. The molecule has 110 valence electrons. The van der Waals surface area contributed by atoms with E-state index in [2.05, 4.69) is 28.3 Å². The molecule has 0 aliphatic carbocycles. The second-order valence-corrected chi connectivity index (χ2v) is 5.53. The minimum absolute atomic E-state index is 0.0542. The number of likely N-dealkylation sites (tertiary alicyclic amines) is 1. The molecule has 0 saturated carbocycles. The zero-order valence-corrected chi connectivity index (χ0v) is 12.3. The van der Waals surface area contributed by atoms with E-state index in [0.29, 0.717) is 5.69 Å². The lowest BCUT2D eigenvalue weighted by Gasteiger charge is -2.25. The summed E-state index contributed by atoms with van der Waals surface area (Å²) in [6, 6.07) is 10.1. The molecule has 2 heterocycles. The van der Waals surface area contributed by atoms with Gasteiger partial charge in [-0.15, -0.1) is 0 Å². The van der Waals surface area contributed by atoms with Crippen LogP contribution in [0.4, 0.5) is 5.69 Å². The van der Waals surface area contributed by atoms with Crippen LogP contribution in [0, 0.1) is 0 Å². The predicted molar refractivity (Wildman–Crippen MR) is 80.3 cm³/mol. The Morgan fingerprint density at radius 1 is 1.38 bits per heavy atom. The summed E-state index contributed by atoms with van der Waals surface area (Å²) in [5, 5.41) is 3.76. The minimum Gasteiger partial charge on any atom is -0.378 e. The van der Waals surface area contributed by atoms with Crippen LogP contribution in [0.1, 0.15) is 34.9 Å². The molecule has 1 fully saturated rings. The van der Waals surface area contributed by atoms with Crippen LogP contribution in [0.3, 0.4) is 0 Å². The van der Waals surface area contributed by atoms with Gasteiger partial charge in [-0.25, -0.2) is 0 Å². The highest BCUT2D eigenvalue weighted by molar-refractivity contribution is 5.92. The highest BCUT2D eigenvalue weighted by Crippen LogP contribution is 2.34. The Morgan fingerprint density at radius 2 is 2.24 bits per heavy atom. The van der Waals surface area contributed by atoms with Crippen LogP contribution in [-0.2, 0) is 0 Å². The number of carbonyl (C=O) groups excluding carboxylic acids is 1. The van der Waals surface area contributed by atoms with Crippen LogP contribution in [0.25, 0.3) is 0 Å². The number of benzene rings is 1. The van der Waals surface area contributed by atoms with Crippen LogP contribution in [0.2, 0.25) is 0 Å². The van der Waals surface area contributed by atoms with Gasteiger partial charge in [-0.3, -0.25) is 4.79 Å². The summed E-state index contributed by atoms with van der Waals surface area (Å²) in [4.78, 5) is 16.5. The fraction of sp³-hybridized carbons (Fsp3) is 0.375. The molecule has 0 N–H and O–H groups in total. The lowest BCUT2D eigenvalue weighted by atomic mass is 10.0. The summed E-state index contributed by atoms with van der Waals surface area (Å²) in [6.07, 6.45) is 3.44. The highest BCUT2D eigenvalue weighted by Gasteiger charge is 2.31. The SMILES string of the molecule is CN(C)c1cccc(C2CCCN2C(=O)c2ccon2)c1. The number of aromatic nitrogens is 1. The lowest BCUT2D eigenvalue weighted by molar-refractivity contribution is 0.0725. The number of hydrogen-bond acceptors (Lipinski definition) is 4. The van der Waals surface area contributed by atoms with Crippen molar-refractivity contribution in [3.8, 4) is 0 Å². The Balaban J connectivity index is 1.87. The van der Waals surface area contributed by atoms with Crippen LogP contribution >= 0.6 is 0 Å². The molecule has 0 bridgehead atoms. The van der Waals surface area contributed by atoms with E-state index in [4.69, 9.17) is 4.52 Å². The first-order chi connectivity index (χ1) is 10.2. The second kappa shape index (κ2) is 5.60. The van der Waals surface area contributed by atoms with E-state index >= 15 is 0 Å². The van der Waals surface area contributed by atoms with Crippen molar-refractivity contribution in [2.75, 3.05) is 25.5 Å². The van der Waals surface area contributed by atoms with Gasteiger partial charge in [0.2, 0.25) is 0 Å². The maximum Gasteiger partial charge on any atom is 0.276 e. The highest BCUT2D eigenvalue weighted by atomic mass is 16.5. The van der Waals surface area contributed by atoms with Gasteiger partial charge in [-0.2, -0.15) is 0 Å². The molecule has 1 aliphatic heterocycles. The Hall–Kier alpha value is -2.30. The molecule has 1 aromatic carbocycles. The third-order valence-corrected chi connectivity index (χ3v) is 3.94. The van der Waals surface area contributed by atoms with Crippen molar-refractivity contribution in [2.45, 2.75) is 18.9 Å². The maximum atomic E-state index is 12.5. The van der Waals surface area contributed by atoms with Gasteiger partial charge in [-0.05, 0) is 30.5 Å². The first-order valence-corrected chi connectivity index (χ1v) is 7.15. The van der Waals surface area contributed by atoms with E-state index < -0.39 is 0 Å². The van der Waals surface area contributed by atoms with Gasteiger partial charge in [0.1, 0.15) is 6.26 Å². The van der Waals surface area contributed by atoms with Crippen molar-refractivity contribution in [1.29, 1.82) is 0 Å². The smallest absolute Gasteiger partial charge is 0.276 e. The summed E-state index contributed by atoms with van der Waals surface area (Å²) in [5.41, 5.74) is 2.70. The zero-order valence-electron chi connectivity index (χ0n) is 12.3. The summed E-state index contributed by atoms with van der Waals surface area (Å²) in [7, 11) is 4.04. The van der Waals surface area contributed by atoms with Crippen LogP contribution in [0.5, 0.6) is 0 Å². The van der Waals surface area contributed by atoms with Crippen molar-refractivity contribution in [1.82, 2.24) is 10.1 Å². The minimum atomic E-state index is -0.0542. The Labute approximate surface area is 124 Å². The monoisotopic (exact) mass is 285 g/mol. The van der Waals surface area contributed by atoms with E-state index in [1.807, 2.05) is 25.1 Å². The van der Waals surface area contributed by atoms with Gasteiger partial charge in [0.15, 0.2) is 5.69 Å². The quantitative estimate of drug-likeness (QED) is 0.870. The largest absolute Gasteiger partial charge is 0.378 e. The predicted octanol–water partition coefficient (Wildman–Crippen LogP) is 2.72. The first-order valence-electron chi connectivity index (χ1n) is 7.15. The van der Waals surface area contributed by atoms with Gasteiger partial charge >= 0.3 is 0 Å². The molecule has 21 heavy (non-hydrogen) atoms. The molecule has 0 spiro atoms. The third kappa shape index (κ3) is 2.63. The first kappa shape index (κ1) is 13.7. The summed E-state index contributed by atoms with van der Waals surface area (Å²) in [6.45, 7) is 0.766. The number of amides is 1. The summed E-state index contributed by atoms with van der Waals surface area (Å²) in [5.74, 6) is -0.0542. The fourth-order valence-electron chi connectivity index (χ4n) is 2.84. The van der Waals surface area contributed by atoms with E-state index in [-0.39, 0.29) is 11.9 Å². The van der Waals surface area contributed by atoms with E-state index in [1.165, 1.54) is 11.8 Å². The van der Waals surface area contributed by atoms with Crippen molar-refractivity contribution in [2.24, 2.45) is 0 Å². The fourth-order valence-corrected chi connectivity index (χ4v) is 2.84.